The van der Waals surface area contributed by atoms with E-state index in [1.54, 1.807) is 0 Å². The molecule has 0 aliphatic carbocycles. The Morgan fingerprint density at radius 3 is 2.16 bits per heavy atom. The zero-order chi connectivity index (χ0) is 22.8. The molecule has 0 amide bonds. The van der Waals surface area contributed by atoms with Crippen LogP contribution in [0.3, 0.4) is 0 Å². The molecule has 180 valence electrons. The predicted octanol–water partition coefficient (Wildman–Crippen LogP) is 1.99. The van der Waals surface area contributed by atoms with Crippen LogP contribution in [0.4, 0.5) is 0 Å². The molecule has 0 atom stereocenters. The van der Waals surface area contributed by atoms with Gasteiger partial charge < -0.3 is 20.3 Å². The first kappa shape index (κ1) is 25.0. The van der Waals surface area contributed by atoms with Crippen molar-refractivity contribution in [3.63, 3.8) is 0 Å². The first-order chi connectivity index (χ1) is 15.5. The molecule has 1 aromatic rings. The maximum Gasteiger partial charge on any atom is 0.191 e. The second-order valence-electron chi connectivity index (χ2n) is 9.49. The Kier molecular flexibility index (Phi) is 9.78. The summed E-state index contributed by atoms with van der Waals surface area (Å²) < 4.78 is 5.50. The topological polar surface area (TPSA) is 55.4 Å². The van der Waals surface area contributed by atoms with Crippen LogP contribution in [0.5, 0.6) is 0 Å². The Morgan fingerprint density at radius 1 is 0.906 bits per heavy atom. The van der Waals surface area contributed by atoms with E-state index in [1.807, 2.05) is 0 Å². The fraction of sp³-hybridized carbons (Fsp3) is 0.720. The molecule has 0 radical (unpaired) electrons. The molecule has 0 aromatic heterocycles. The third-order valence-corrected chi connectivity index (χ3v) is 6.66. The third-order valence-electron chi connectivity index (χ3n) is 6.66. The van der Waals surface area contributed by atoms with Gasteiger partial charge in [-0.15, -0.1) is 0 Å². The lowest BCUT2D eigenvalue weighted by Gasteiger charge is -2.41. The number of nitrogens with zero attached hydrogens (tertiary/aromatic N) is 4. The van der Waals surface area contributed by atoms with Gasteiger partial charge in [0.2, 0.25) is 0 Å². The number of morpholine rings is 1. The van der Waals surface area contributed by atoms with Gasteiger partial charge in [0.15, 0.2) is 5.96 Å². The molecule has 0 saturated carbocycles. The number of aliphatic imine (C=N–C) groups is 1. The maximum atomic E-state index is 5.50. The monoisotopic (exact) mass is 444 g/mol. The van der Waals surface area contributed by atoms with Gasteiger partial charge in [0.25, 0.3) is 0 Å². The molecule has 0 spiro atoms. The quantitative estimate of drug-likeness (QED) is 0.449. The van der Waals surface area contributed by atoms with Gasteiger partial charge in [-0.05, 0) is 38.4 Å². The molecule has 2 aliphatic heterocycles. The van der Waals surface area contributed by atoms with Crippen LogP contribution in [-0.2, 0) is 17.8 Å². The number of nitrogens with one attached hydrogen (secondary N) is 2. The predicted molar refractivity (Wildman–Crippen MR) is 133 cm³/mol. The first-order valence-corrected chi connectivity index (χ1v) is 12.4. The van der Waals surface area contributed by atoms with E-state index in [-0.39, 0.29) is 5.54 Å². The maximum absolute atomic E-state index is 5.50. The smallest absolute Gasteiger partial charge is 0.191 e. The van der Waals surface area contributed by atoms with Crippen molar-refractivity contribution < 1.29 is 4.74 Å². The molecular formula is C25H44N6O. The van der Waals surface area contributed by atoms with Crippen molar-refractivity contribution in [3.05, 3.63) is 35.4 Å². The molecule has 2 heterocycles. The van der Waals surface area contributed by atoms with Gasteiger partial charge >= 0.3 is 0 Å². The van der Waals surface area contributed by atoms with E-state index < -0.39 is 0 Å². The van der Waals surface area contributed by atoms with Crippen molar-refractivity contribution in [1.82, 2.24) is 25.3 Å². The van der Waals surface area contributed by atoms with Crippen LogP contribution >= 0.6 is 0 Å². The molecular weight excluding hydrogens is 400 g/mol. The summed E-state index contributed by atoms with van der Waals surface area (Å²) in [5, 5.41) is 6.94. The van der Waals surface area contributed by atoms with Crippen molar-refractivity contribution in [2.45, 2.75) is 46.3 Å². The molecule has 7 heteroatoms. The Morgan fingerprint density at radius 2 is 1.53 bits per heavy atom. The van der Waals surface area contributed by atoms with Gasteiger partial charge in [-0.25, -0.2) is 4.99 Å². The van der Waals surface area contributed by atoms with E-state index in [0.717, 1.165) is 58.4 Å². The lowest BCUT2D eigenvalue weighted by Crippen LogP contribution is -2.56. The Balaban J connectivity index is 1.48. The molecule has 32 heavy (non-hydrogen) atoms. The summed E-state index contributed by atoms with van der Waals surface area (Å²) in [4.78, 5) is 12.4. The summed E-state index contributed by atoms with van der Waals surface area (Å²) in [6, 6.07) is 8.97. The zero-order valence-electron chi connectivity index (χ0n) is 20.7. The number of hydrogen-bond donors (Lipinski definition) is 2. The normalized spacial score (nSPS) is 19.8. The molecule has 1 aromatic carbocycles. The highest BCUT2D eigenvalue weighted by atomic mass is 16.5. The van der Waals surface area contributed by atoms with Crippen LogP contribution < -0.4 is 10.6 Å². The number of ether oxygens (including phenoxy) is 1. The second kappa shape index (κ2) is 12.5. The number of rotatable bonds is 9. The number of hydrogen-bond acceptors (Lipinski definition) is 5. The van der Waals surface area contributed by atoms with Gasteiger partial charge in [-0.2, -0.15) is 0 Å². The highest BCUT2D eigenvalue weighted by Crippen LogP contribution is 2.15. The van der Waals surface area contributed by atoms with Gasteiger partial charge in [-0.1, -0.05) is 31.2 Å². The summed E-state index contributed by atoms with van der Waals surface area (Å²) in [5.41, 5.74) is 2.69. The number of piperazine rings is 1. The highest BCUT2D eigenvalue weighted by Gasteiger charge is 2.28. The summed E-state index contributed by atoms with van der Waals surface area (Å²) in [6.07, 6.45) is 0. The minimum absolute atomic E-state index is 0.0598. The summed E-state index contributed by atoms with van der Waals surface area (Å²) in [6.45, 7) is 21.9. The van der Waals surface area contributed by atoms with E-state index in [9.17, 15) is 0 Å². The van der Waals surface area contributed by atoms with Crippen molar-refractivity contribution in [1.29, 1.82) is 0 Å². The third kappa shape index (κ3) is 7.73. The van der Waals surface area contributed by atoms with Gasteiger partial charge in [0, 0.05) is 64.4 Å². The Bertz CT molecular complexity index is 691. The fourth-order valence-corrected chi connectivity index (χ4v) is 4.36. The average molecular weight is 445 g/mol. The lowest BCUT2D eigenvalue weighted by molar-refractivity contribution is -0.00834. The molecule has 2 fully saturated rings. The number of guanidine groups is 1. The number of benzene rings is 1. The molecule has 2 saturated heterocycles. The first-order valence-electron chi connectivity index (χ1n) is 12.4. The van der Waals surface area contributed by atoms with Gasteiger partial charge in [-0.3, -0.25) is 9.80 Å². The summed E-state index contributed by atoms with van der Waals surface area (Å²) in [5.74, 6) is 0.881. The van der Waals surface area contributed by atoms with Crippen molar-refractivity contribution in [2.24, 2.45) is 4.99 Å². The summed E-state index contributed by atoms with van der Waals surface area (Å²) >= 11 is 0. The van der Waals surface area contributed by atoms with Crippen molar-refractivity contribution >= 4 is 5.96 Å². The molecule has 7 nitrogen and oxygen atoms in total. The van der Waals surface area contributed by atoms with E-state index >= 15 is 0 Å². The van der Waals surface area contributed by atoms with E-state index in [1.165, 1.54) is 37.3 Å². The van der Waals surface area contributed by atoms with Crippen LogP contribution in [-0.4, -0.2) is 98.3 Å². The zero-order valence-corrected chi connectivity index (χ0v) is 20.7. The fourth-order valence-electron chi connectivity index (χ4n) is 4.36. The molecule has 2 aliphatic rings. The Labute approximate surface area is 195 Å². The molecule has 3 rings (SSSR count). The standard InChI is InChI=1S/C25H44N6O/c1-5-26-24(28-21-25(3,4)31-15-17-32-18-16-31)27-19-22-7-9-23(10-8-22)20-30-13-11-29(6-2)12-14-30/h7-10H,5-6,11-21H2,1-4H3,(H2,26,27,28). The van der Waals surface area contributed by atoms with E-state index in [4.69, 9.17) is 9.73 Å². The molecule has 2 N–H and O–H groups in total. The largest absolute Gasteiger partial charge is 0.379 e. The van der Waals surface area contributed by atoms with Crippen LogP contribution in [0.25, 0.3) is 0 Å². The minimum atomic E-state index is 0.0598. The lowest BCUT2D eigenvalue weighted by atomic mass is 10.0. The van der Waals surface area contributed by atoms with Crippen molar-refractivity contribution in [3.8, 4) is 0 Å². The van der Waals surface area contributed by atoms with Crippen LogP contribution in [0.15, 0.2) is 29.3 Å². The molecule has 0 bridgehead atoms. The SMILES string of the molecule is CCNC(=NCc1ccc(CN2CCN(CC)CC2)cc1)NCC(C)(C)N1CCOCC1. The number of likely N-dealkylation sites (N-methyl/N-ethyl adjacent to an activating group) is 1. The second-order valence-corrected chi connectivity index (χ2v) is 9.49. The minimum Gasteiger partial charge on any atom is -0.379 e. The van der Waals surface area contributed by atoms with Gasteiger partial charge in [0.1, 0.15) is 0 Å². The van der Waals surface area contributed by atoms with Crippen LogP contribution in [0.1, 0.15) is 38.8 Å². The van der Waals surface area contributed by atoms with E-state index in [2.05, 4.69) is 77.3 Å². The van der Waals surface area contributed by atoms with Crippen molar-refractivity contribution in [2.75, 3.05) is 72.1 Å². The highest BCUT2D eigenvalue weighted by molar-refractivity contribution is 5.79. The van der Waals surface area contributed by atoms with E-state index in [0.29, 0.717) is 6.54 Å². The molecule has 0 unspecified atom stereocenters. The summed E-state index contributed by atoms with van der Waals surface area (Å²) in [7, 11) is 0. The van der Waals surface area contributed by atoms with Gasteiger partial charge in [0.05, 0.1) is 19.8 Å². The van der Waals surface area contributed by atoms with Crippen LogP contribution in [0.2, 0.25) is 0 Å². The van der Waals surface area contributed by atoms with Crippen LogP contribution in [0, 0.1) is 0 Å². The average Bonchev–Trinajstić information content (AvgIpc) is 2.83. The Hall–Kier alpha value is -1.67.